The molecule has 2 amide bonds. The fourth-order valence-corrected chi connectivity index (χ4v) is 5.36. The standard InChI is InChI=1S/C33H27FN2O7/c1-3-41-25-16-14-23(15-17-25)35-31(37)28-29(36(43-30(28)32(35)38)24-7-5-4-6-8-24)21-11-18-26(27(19-21)40-2)42-33(39)20-9-12-22(34)13-10-20/h4-19,28-30H,3H2,1-2H3/t28-,29+,30+/m0/s1. The predicted molar refractivity (Wildman–Crippen MR) is 154 cm³/mol. The van der Waals surface area contributed by atoms with E-state index in [1.165, 1.54) is 31.4 Å². The first-order chi connectivity index (χ1) is 20.9. The van der Waals surface area contributed by atoms with Gasteiger partial charge in [0.25, 0.3) is 5.91 Å². The van der Waals surface area contributed by atoms with Gasteiger partial charge in [0, 0.05) is 0 Å². The monoisotopic (exact) mass is 582 g/mol. The first-order valence-electron chi connectivity index (χ1n) is 13.7. The quantitative estimate of drug-likeness (QED) is 0.153. The number of anilines is 2. The Morgan fingerprint density at radius 2 is 1.58 bits per heavy atom. The van der Waals surface area contributed by atoms with Crippen molar-refractivity contribution in [3.8, 4) is 17.2 Å². The second-order valence-corrected chi connectivity index (χ2v) is 9.90. The van der Waals surface area contributed by atoms with Gasteiger partial charge in [-0.1, -0.05) is 24.3 Å². The highest BCUT2D eigenvalue weighted by Gasteiger charge is 2.60. The smallest absolute Gasteiger partial charge is 0.343 e. The maximum Gasteiger partial charge on any atom is 0.343 e. The van der Waals surface area contributed by atoms with Crippen LogP contribution in [0.1, 0.15) is 28.9 Å². The number of fused-ring (bicyclic) bond motifs is 1. The molecule has 10 heteroatoms. The fraction of sp³-hybridized carbons (Fsp3) is 0.182. The second-order valence-electron chi connectivity index (χ2n) is 9.90. The molecule has 0 bridgehead atoms. The number of hydrogen-bond donors (Lipinski definition) is 0. The Labute approximate surface area is 246 Å². The molecule has 4 aromatic carbocycles. The van der Waals surface area contributed by atoms with Crippen LogP contribution in [0.5, 0.6) is 17.2 Å². The minimum absolute atomic E-state index is 0.132. The number of hydrogen-bond acceptors (Lipinski definition) is 8. The highest BCUT2D eigenvalue weighted by Crippen LogP contribution is 2.48. The number of esters is 1. The molecule has 6 rings (SSSR count). The Kier molecular flexibility index (Phi) is 7.52. The van der Waals surface area contributed by atoms with Crippen LogP contribution in [-0.2, 0) is 14.4 Å². The summed E-state index contributed by atoms with van der Waals surface area (Å²) < 4.78 is 29.9. The molecule has 3 atom stereocenters. The molecule has 9 nitrogen and oxygen atoms in total. The number of carbonyl (C=O) groups is 3. The summed E-state index contributed by atoms with van der Waals surface area (Å²) in [7, 11) is 1.43. The highest BCUT2D eigenvalue weighted by atomic mass is 19.1. The minimum atomic E-state index is -1.06. The van der Waals surface area contributed by atoms with Crippen molar-refractivity contribution in [3.63, 3.8) is 0 Å². The molecule has 0 aliphatic carbocycles. The lowest BCUT2D eigenvalue weighted by molar-refractivity contribution is -0.126. The molecular formula is C33H27FN2O7. The summed E-state index contributed by atoms with van der Waals surface area (Å²) in [5, 5.41) is 1.57. The molecule has 218 valence electrons. The van der Waals surface area contributed by atoms with Crippen molar-refractivity contribution in [2.24, 2.45) is 5.92 Å². The van der Waals surface area contributed by atoms with Gasteiger partial charge in [-0.25, -0.2) is 19.1 Å². The number of nitrogens with zero attached hydrogens (tertiary/aromatic N) is 2. The Morgan fingerprint density at radius 1 is 0.860 bits per heavy atom. The van der Waals surface area contributed by atoms with E-state index in [2.05, 4.69) is 0 Å². The first kappa shape index (κ1) is 27.9. The summed E-state index contributed by atoms with van der Waals surface area (Å²) >= 11 is 0. The van der Waals surface area contributed by atoms with Crippen molar-refractivity contribution in [1.29, 1.82) is 0 Å². The van der Waals surface area contributed by atoms with Crippen LogP contribution in [0.4, 0.5) is 15.8 Å². The van der Waals surface area contributed by atoms with E-state index in [1.54, 1.807) is 47.5 Å². The van der Waals surface area contributed by atoms with Gasteiger partial charge >= 0.3 is 5.97 Å². The number of benzene rings is 4. The lowest BCUT2D eigenvalue weighted by Gasteiger charge is -2.29. The molecule has 0 unspecified atom stereocenters. The molecule has 0 N–H and O–H groups in total. The van der Waals surface area contributed by atoms with Gasteiger partial charge in [0.15, 0.2) is 17.6 Å². The molecule has 2 heterocycles. The molecular weight excluding hydrogens is 555 g/mol. The van der Waals surface area contributed by atoms with Gasteiger partial charge in [-0.15, -0.1) is 0 Å². The molecule has 2 fully saturated rings. The maximum absolute atomic E-state index is 14.0. The highest BCUT2D eigenvalue weighted by molar-refractivity contribution is 6.24. The number of ether oxygens (including phenoxy) is 3. The SMILES string of the molecule is CCOc1ccc(N2C(=O)[C@H]3[C@@H](c4ccc(OC(=O)c5ccc(F)cc5)c(OC)c4)N(c4ccccc4)O[C@H]3C2=O)cc1. The number of hydroxylamine groups is 1. The van der Waals surface area contributed by atoms with Crippen LogP contribution >= 0.6 is 0 Å². The third-order valence-corrected chi connectivity index (χ3v) is 7.34. The van der Waals surface area contributed by atoms with E-state index < -0.39 is 41.7 Å². The van der Waals surface area contributed by atoms with Crippen LogP contribution < -0.4 is 24.2 Å². The zero-order valence-electron chi connectivity index (χ0n) is 23.3. The summed E-state index contributed by atoms with van der Waals surface area (Å²) in [6.45, 7) is 2.36. The van der Waals surface area contributed by atoms with Crippen molar-refractivity contribution in [2.45, 2.75) is 19.1 Å². The van der Waals surface area contributed by atoms with E-state index in [0.29, 0.717) is 29.3 Å². The number of imide groups is 1. The molecule has 0 saturated carbocycles. The van der Waals surface area contributed by atoms with Crippen molar-refractivity contribution in [1.82, 2.24) is 0 Å². The lowest BCUT2D eigenvalue weighted by atomic mass is 9.90. The average molecular weight is 583 g/mol. The Balaban J connectivity index is 1.34. The topological polar surface area (TPSA) is 94.6 Å². The fourth-order valence-electron chi connectivity index (χ4n) is 5.36. The average Bonchev–Trinajstić information content (AvgIpc) is 3.54. The summed E-state index contributed by atoms with van der Waals surface area (Å²) in [5.41, 5.74) is 1.84. The van der Waals surface area contributed by atoms with E-state index in [1.807, 2.05) is 37.3 Å². The largest absolute Gasteiger partial charge is 0.494 e. The number of halogens is 1. The van der Waals surface area contributed by atoms with Crippen LogP contribution in [0, 0.1) is 11.7 Å². The number of amides is 2. The van der Waals surface area contributed by atoms with Crippen molar-refractivity contribution in [2.75, 3.05) is 23.7 Å². The van der Waals surface area contributed by atoms with Crippen LogP contribution in [0.15, 0.2) is 97.1 Å². The van der Waals surface area contributed by atoms with Gasteiger partial charge in [0.1, 0.15) is 17.5 Å². The van der Waals surface area contributed by atoms with Gasteiger partial charge < -0.3 is 14.2 Å². The Hall–Kier alpha value is -5.22. The van der Waals surface area contributed by atoms with Crippen molar-refractivity contribution >= 4 is 29.2 Å². The van der Waals surface area contributed by atoms with E-state index >= 15 is 0 Å². The first-order valence-corrected chi connectivity index (χ1v) is 13.7. The van der Waals surface area contributed by atoms with Crippen LogP contribution in [0.2, 0.25) is 0 Å². The summed E-state index contributed by atoms with van der Waals surface area (Å²) in [5.74, 6) is -1.94. The van der Waals surface area contributed by atoms with Crippen LogP contribution in [0.3, 0.4) is 0 Å². The maximum atomic E-state index is 14.0. The van der Waals surface area contributed by atoms with Gasteiger partial charge in [-0.3, -0.25) is 14.4 Å². The minimum Gasteiger partial charge on any atom is -0.494 e. The number of carbonyl (C=O) groups excluding carboxylic acids is 3. The van der Waals surface area contributed by atoms with Crippen LogP contribution in [-0.4, -0.2) is 37.6 Å². The summed E-state index contributed by atoms with van der Waals surface area (Å²) in [4.78, 5) is 47.7. The molecule has 2 saturated heterocycles. The number of para-hydroxylation sites is 1. The summed E-state index contributed by atoms with van der Waals surface area (Å²) in [6.07, 6.45) is -1.06. The zero-order chi connectivity index (χ0) is 30.1. The molecule has 4 aromatic rings. The van der Waals surface area contributed by atoms with E-state index in [-0.39, 0.29) is 17.1 Å². The van der Waals surface area contributed by atoms with E-state index in [9.17, 15) is 18.8 Å². The van der Waals surface area contributed by atoms with Crippen molar-refractivity contribution in [3.05, 3.63) is 114 Å². The molecule has 0 spiro atoms. The third kappa shape index (κ3) is 5.17. The third-order valence-electron chi connectivity index (χ3n) is 7.34. The van der Waals surface area contributed by atoms with Gasteiger partial charge in [0.2, 0.25) is 5.91 Å². The molecule has 43 heavy (non-hydrogen) atoms. The number of rotatable bonds is 8. The van der Waals surface area contributed by atoms with Crippen molar-refractivity contribution < 1.29 is 37.8 Å². The molecule has 2 aliphatic rings. The molecule has 2 aliphatic heterocycles. The Morgan fingerprint density at radius 3 is 2.26 bits per heavy atom. The van der Waals surface area contributed by atoms with E-state index in [0.717, 1.165) is 4.90 Å². The van der Waals surface area contributed by atoms with Gasteiger partial charge in [-0.05, 0) is 85.3 Å². The van der Waals surface area contributed by atoms with Gasteiger partial charge in [0.05, 0.1) is 36.7 Å². The predicted octanol–water partition coefficient (Wildman–Crippen LogP) is 5.50. The second kappa shape index (κ2) is 11.6. The normalized spacial score (nSPS) is 19.4. The Bertz CT molecular complexity index is 1660. The molecule has 0 radical (unpaired) electrons. The van der Waals surface area contributed by atoms with Crippen LogP contribution in [0.25, 0.3) is 0 Å². The van der Waals surface area contributed by atoms with Gasteiger partial charge in [-0.2, -0.15) is 0 Å². The zero-order valence-corrected chi connectivity index (χ0v) is 23.3. The van der Waals surface area contributed by atoms with E-state index in [4.69, 9.17) is 19.0 Å². The lowest BCUT2D eigenvalue weighted by Crippen LogP contribution is -2.37. The number of methoxy groups -OCH3 is 1. The summed E-state index contributed by atoms with van der Waals surface area (Å²) in [6, 6.07) is 25.1. The molecule has 0 aromatic heterocycles.